The maximum atomic E-state index is 12.9. The number of allylic oxidation sites excluding steroid dienone is 1. The summed E-state index contributed by atoms with van der Waals surface area (Å²) in [6, 6.07) is 5.57. The van der Waals surface area contributed by atoms with Gasteiger partial charge in [-0.25, -0.2) is 0 Å². The largest absolute Gasteiger partial charge is 0.445 e. The molecule has 2 heterocycles. The molecule has 0 radical (unpaired) electrons. The van der Waals surface area contributed by atoms with Crippen molar-refractivity contribution in [2.45, 2.75) is 19.3 Å². The zero-order valence-electron chi connectivity index (χ0n) is 13.2. The van der Waals surface area contributed by atoms with Crippen LogP contribution in [-0.2, 0) is 19.7 Å². The van der Waals surface area contributed by atoms with Gasteiger partial charge in [0.05, 0.1) is 10.5 Å². The van der Waals surface area contributed by atoms with E-state index in [1.165, 1.54) is 32.0 Å². The molecule has 1 aromatic rings. The Balaban J connectivity index is 2.47. The fourth-order valence-electron chi connectivity index (χ4n) is 3.39. The second kappa shape index (κ2) is 5.17. The predicted molar refractivity (Wildman–Crippen MR) is 84.7 cm³/mol. The van der Waals surface area contributed by atoms with E-state index < -0.39 is 22.0 Å². The lowest BCUT2D eigenvalue weighted by Gasteiger charge is -2.33. The number of carbonyl (C=O) groups excluding carboxylic acids is 2. The van der Waals surface area contributed by atoms with E-state index in [1.807, 2.05) is 6.07 Å². The molecule has 1 atom stereocenters. The molecule has 0 bridgehead atoms. The highest BCUT2D eigenvalue weighted by Gasteiger charge is 2.58. The van der Waals surface area contributed by atoms with E-state index in [0.29, 0.717) is 0 Å². The molecule has 0 saturated heterocycles. The number of nitrogens with one attached hydrogen (secondary N) is 1. The first-order chi connectivity index (χ1) is 11.7. The van der Waals surface area contributed by atoms with Crippen LogP contribution in [0.25, 0.3) is 0 Å². The summed E-state index contributed by atoms with van der Waals surface area (Å²) in [6.07, 6.45) is 0. The summed E-state index contributed by atoms with van der Waals surface area (Å²) < 4.78 is 5.27. The minimum Gasteiger partial charge on any atom is -0.445 e. The van der Waals surface area contributed by atoms with Gasteiger partial charge >= 0.3 is 0 Å². The predicted octanol–water partition coefficient (Wildman–Crippen LogP) is 1.37. The smallest absolute Gasteiger partial charge is 0.269 e. The number of hydrogen-bond donors (Lipinski definition) is 2. The summed E-state index contributed by atoms with van der Waals surface area (Å²) in [5, 5.41) is 23.3. The van der Waals surface area contributed by atoms with Crippen molar-refractivity contribution in [1.82, 2.24) is 0 Å². The maximum absolute atomic E-state index is 12.9. The van der Waals surface area contributed by atoms with Crippen molar-refractivity contribution in [3.8, 4) is 6.07 Å². The van der Waals surface area contributed by atoms with Crippen molar-refractivity contribution in [2.24, 2.45) is 5.73 Å². The maximum Gasteiger partial charge on any atom is 0.269 e. The number of ether oxygens (including phenoxy) is 1. The highest BCUT2D eigenvalue weighted by molar-refractivity contribution is 6.18. The Morgan fingerprint density at radius 2 is 2.16 bits per heavy atom. The van der Waals surface area contributed by atoms with Gasteiger partial charge in [0.2, 0.25) is 11.8 Å². The molecule has 2 aliphatic heterocycles. The van der Waals surface area contributed by atoms with Gasteiger partial charge in [0.1, 0.15) is 22.8 Å². The molecular formula is C16H12N4O5. The number of anilines is 1. The third-order valence-corrected chi connectivity index (χ3v) is 4.28. The van der Waals surface area contributed by atoms with Gasteiger partial charge in [-0.3, -0.25) is 19.7 Å². The number of amides is 1. The summed E-state index contributed by atoms with van der Waals surface area (Å²) >= 11 is 0. The van der Waals surface area contributed by atoms with Crippen LogP contribution in [0.4, 0.5) is 11.4 Å². The van der Waals surface area contributed by atoms with E-state index in [2.05, 4.69) is 5.32 Å². The van der Waals surface area contributed by atoms with E-state index in [9.17, 15) is 25.0 Å². The lowest BCUT2D eigenvalue weighted by molar-refractivity contribution is -0.384. The molecule has 126 valence electrons. The zero-order chi connectivity index (χ0) is 18.5. The average Bonchev–Trinajstić information content (AvgIpc) is 2.79. The lowest BCUT2D eigenvalue weighted by Crippen LogP contribution is -2.44. The van der Waals surface area contributed by atoms with E-state index in [4.69, 9.17) is 10.5 Å². The Hall–Kier alpha value is -3.67. The topological polar surface area (TPSA) is 148 Å². The first kappa shape index (κ1) is 16.2. The van der Waals surface area contributed by atoms with Gasteiger partial charge in [-0.05, 0) is 19.9 Å². The molecule has 1 aromatic carbocycles. The minimum absolute atomic E-state index is 0.0681. The van der Waals surface area contributed by atoms with Gasteiger partial charge in [-0.15, -0.1) is 0 Å². The van der Waals surface area contributed by atoms with Crippen LogP contribution < -0.4 is 11.1 Å². The number of non-ortho nitro benzene ring substituents is 1. The van der Waals surface area contributed by atoms with Crippen LogP contribution in [-0.4, -0.2) is 16.6 Å². The Kier molecular flexibility index (Phi) is 3.35. The zero-order valence-corrected chi connectivity index (χ0v) is 13.2. The number of nitro groups is 1. The van der Waals surface area contributed by atoms with Crippen molar-refractivity contribution in [2.75, 3.05) is 5.32 Å². The monoisotopic (exact) mass is 340 g/mol. The first-order valence-electron chi connectivity index (χ1n) is 7.16. The molecule has 1 amide bonds. The molecule has 25 heavy (non-hydrogen) atoms. The molecule has 9 nitrogen and oxygen atoms in total. The molecule has 3 N–H and O–H groups in total. The first-order valence-corrected chi connectivity index (χ1v) is 7.16. The molecule has 1 unspecified atom stereocenters. The second-order valence-electron chi connectivity index (χ2n) is 5.63. The van der Waals surface area contributed by atoms with E-state index >= 15 is 0 Å². The number of rotatable bonds is 2. The Labute approximate surface area is 141 Å². The van der Waals surface area contributed by atoms with Crippen molar-refractivity contribution >= 4 is 23.1 Å². The number of hydrogen-bond acceptors (Lipinski definition) is 7. The molecule has 0 saturated carbocycles. The van der Waals surface area contributed by atoms with E-state index in [1.54, 1.807) is 0 Å². The summed E-state index contributed by atoms with van der Waals surface area (Å²) in [5.41, 5.74) is 3.68. The number of fused-ring (bicyclic) bond motifs is 2. The van der Waals surface area contributed by atoms with Crippen LogP contribution in [0.2, 0.25) is 0 Å². The fourth-order valence-corrected chi connectivity index (χ4v) is 3.39. The minimum atomic E-state index is -1.87. The quantitative estimate of drug-likeness (QED) is 0.610. The number of carbonyl (C=O) groups is 2. The number of ketones is 1. The van der Waals surface area contributed by atoms with Crippen molar-refractivity contribution < 1.29 is 19.2 Å². The van der Waals surface area contributed by atoms with E-state index in [0.717, 1.165) is 0 Å². The summed E-state index contributed by atoms with van der Waals surface area (Å²) in [5.74, 6) is -1.44. The number of nitrogens with two attached hydrogens (primary N) is 1. The normalized spacial score (nSPS) is 21.6. The number of benzene rings is 1. The highest BCUT2D eigenvalue weighted by atomic mass is 16.6. The fraction of sp³-hybridized carbons (Fsp3) is 0.188. The highest BCUT2D eigenvalue weighted by Crippen LogP contribution is 2.52. The molecule has 0 fully saturated rings. The average molecular weight is 340 g/mol. The van der Waals surface area contributed by atoms with Gasteiger partial charge in [0, 0.05) is 23.4 Å². The summed E-state index contributed by atoms with van der Waals surface area (Å²) in [4.78, 5) is 35.7. The van der Waals surface area contributed by atoms with Gasteiger partial charge in [-0.2, -0.15) is 5.26 Å². The third kappa shape index (κ3) is 1.94. The standard InChI is InChI=1S/C16H12N4O5/c1-7(21)13-8(2)25-14(18)11(6-17)16(13)10-5-9(20(23)24)3-4-12(10)19-15(16)22/h3-5H,18H2,1-2H3,(H,19,22). The van der Waals surface area contributed by atoms with Crippen LogP contribution in [0.3, 0.4) is 0 Å². The van der Waals surface area contributed by atoms with Crippen LogP contribution >= 0.6 is 0 Å². The summed E-state index contributed by atoms with van der Waals surface area (Å²) in [6.45, 7) is 2.67. The van der Waals surface area contributed by atoms with Crippen molar-refractivity contribution in [3.05, 3.63) is 56.7 Å². The van der Waals surface area contributed by atoms with Gasteiger partial charge in [-0.1, -0.05) is 0 Å². The SMILES string of the molecule is CC(=O)C1=C(C)OC(N)=C(C#N)C12C(=O)Nc1ccc([N+](=O)[O-])cc12. The Bertz CT molecular complexity index is 969. The molecule has 0 aliphatic carbocycles. The number of Topliss-reactive ketones (excluding diaryl/α,β-unsaturated/α-hetero) is 1. The van der Waals surface area contributed by atoms with Crippen LogP contribution in [0, 0.1) is 21.4 Å². The van der Waals surface area contributed by atoms with Gasteiger partial charge in [0.25, 0.3) is 5.69 Å². The molecule has 2 aliphatic rings. The lowest BCUT2D eigenvalue weighted by atomic mass is 9.67. The third-order valence-electron chi connectivity index (χ3n) is 4.28. The van der Waals surface area contributed by atoms with Gasteiger partial charge in [0.15, 0.2) is 5.78 Å². The van der Waals surface area contributed by atoms with Crippen molar-refractivity contribution in [1.29, 1.82) is 5.26 Å². The Morgan fingerprint density at radius 1 is 1.48 bits per heavy atom. The molecule has 3 rings (SSSR count). The molecular weight excluding hydrogens is 328 g/mol. The molecule has 1 spiro atoms. The van der Waals surface area contributed by atoms with Gasteiger partial charge < -0.3 is 15.8 Å². The Morgan fingerprint density at radius 3 is 2.72 bits per heavy atom. The molecule has 9 heteroatoms. The molecule has 0 aromatic heterocycles. The van der Waals surface area contributed by atoms with Crippen LogP contribution in [0.15, 0.2) is 41.0 Å². The number of nitro benzene ring substituents is 1. The summed E-state index contributed by atoms with van der Waals surface area (Å²) in [7, 11) is 0. The number of nitriles is 1. The van der Waals surface area contributed by atoms with Crippen molar-refractivity contribution in [3.63, 3.8) is 0 Å². The van der Waals surface area contributed by atoms with Crippen LogP contribution in [0.1, 0.15) is 19.4 Å². The van der Waals surface area contributed by atoms with Crippen LogP contribution in [0.5, 0.6) is 0 Å². The second-order valence-corrected chi connectivity index (χ2v) is 5.63. The number of nitrogens with zero attached hydrogens (tertiary/aromatic N) is 2. The van der Waals surface area contributed by atoms with E-state index in [-0.39, 0.29) is 39.7 Å².